The van der Waals surface area contributed by atoms with Gasteiger partial charge >= 0.3 is 11.9 Å². The molecule has 0 bridgehead atoms. The molecule has 4 nitrogen and oxygen atoms in total. The third-order valence-corrected chi connectivity index (χ3v) is 2.47. The second-order valence-corrected chi connectivity index (χ2v) is 3.71. The number of hydrogen-bond donors (Lipinski definition) is 1. The summed E-state index contributed by atoms with van der Waals surface area (Å²) in [7, 11) is 0. The van der Waals surface area contributed by atoms with Gasteiger partial charge in [0.25, 0.3) is 0 Å². The highest BCUT2D eigenvalue weighted by atomic mass is 19.1. The number of cyclic esters (lactones) is 1. The van der Waals surface area contributed by atoms with Crippen LogP contribution in [0.25, 0.3) is 0 Å². The van der Waals surface area contributed by atoms with E-state index >= 15 is 0 Å². The molecule has 5 heteroatoms. The standard InChI is InChI=1S/C11H9FO4/c1-5-2-7-6(8(12)3-5)4-9(10(13)14)16-11(7)15/h2-3,9H,4H2,1H3,(H,13,14). The van der Waals surface area contributed by atoms with Gasteiger partial charge in [-0.25, -0.2) is 14.0 Å². The molecule has 0 fully saturated rings. The first-order chi connectivity index (χ1) is 7.49. The minimum Gasteiger partial charge on any atom is -0.478 e. The molecule has 0 radical (unpaired) electrons. The number of rotatable bonds is 1. The number of benzene rings is 1. The lowest BCUT2D eigenvalue weighted by atomic mass is 9.96. The smallest absolute Gasteiger partial charge is 0.345 e. The van der Waals surface area contributed by atoms with Crippen LogP contribution >= 0.6 is 0 Å². The van der Waals surface area contributed by atoms with Crippen molar-refractivity contribution in [2.75, 3.05) is 0 Å². The fraction of sp³-hybridized carbons (Fsp3) is 0.273. The Bertz CT molecular complexity index is 481. The van der Waals surface area contributed by atoms with Gasteiger partial charge in [-0.15, -0.1) is 0 Å². The molecule has 2 rings (SSSR count). The molecule has 1 N–H and O–H groups in total. The Morgan fingerprint density at radius 1 is 1.56 bits per heavy atom. The summed E-state index contributed by atoms with van der Waals surface area (Å²) in [6.45, 7) is 1.65. The highest BCUT2D eigenvalue weighted by molar-refractivity contribution is 5.95. The van der Waals surface area contributed by atoms with E-state index in [1.54, 1.807) is 6.92 Å². The number of aryl methyl sites for hydroxylation is 1. The first kappa shape index (κ1) is 10.6. The molecule has 0 amide bonds. The lowest BCUT2D eigenvalue weighted by Crippen LogP contribution is -2.34. The van der Waals surface area contributed by atoms with Crippen LogP contribution in [0.1, 0.15) is 21.5 Å². The number of carbonyl (C=O) groups is 2. The van der Waals surface area contributed by atoms with Gasteiger partial charge in [0.2, 0.25) is 6.10 Å². The molecule has 1 aromatic carbocycles. The van der Waals surface area contributed by atoms with E-state index in [0.717, 1.165) is 0 Å². The van der Waals surface area contributed by atoms with E-state index in [9.17, 15) is 14.0 Å². The number of hydrogen-bond acceptors (Lipinski definition) is 3. The average molecular weight is 224 g/mol. The topological polar surface area (TPSA) is 63.6 Å². The lowest BCUT2D eigenvalue weighted by Gasteiger charge is -2.22. The largest absolute Gasteiger partial charge is 0.478 e. The molecule has 0 spiro atoms. The highest BCUT2D eigenvalue weighted by Crippen LogP contribution is 2.24. The molecular formula is C11H9FO4. The van der Waals surface area contributed by atoms with E-state index in [1.807, 2.05) is 0 Å². The molecule has 84 valence electrons. The lowest BCUT2D eigenvalue weighted by molar-refractivity contribution is -0.147. The second-order valence-electron chi connectivity index (χ2n) is 3.71. The van der Waals surface area contributed by atoms with Gasteiger partial charge in [0.15, 0.2) is 0 Å². The van der Waals surface area contributed by atoms with E-state index in [1.165, 1.54) is 12.1 Å². The predicted molar refractivity (Wildman–Crippen MR) is 51.7 cm³/mol. The van der Waals surface area contributed by atoms with Gasteiger partial charge in [-0.3, -0.25) is 0 Å². The van der Waals surface area contributed by atoms with Crippen LogP contribution in [0, 0.1) is 12.7 Å². The van der Waals surface area contributed by atoms with Crippen molar-refractivity contribution in [2.24, 2.45) is 0 Å². The van der Waals surface area contributed by atoms with E-state index in [0.29, 0.717) is 5.56 Å². The van der Waals surface area contributed by atoms with Gasteiger partial charge < -0.3 is 9.84 Å². The van der Waals surface area contributed by atoms with Crippen molar-refractivity contribution in [3.8, 4) is 0 Å². The number of esters is 1. The van der Waals surface area contributed by atoms with E-state index < -0.39 is 23.9 Å². The summed E-state index contributed by atoms with van der Waals surface area (Å²) in [6, 6.07) is 2.77. The molecule has 1 atom stereocenters. The van der Waals surface area contributed by atoms with Crippen LogP contribution in [0.15, 0.2) is 12.1 Å². The summed E-state index contributed by atoms with van der Waals surface area (Å²) in [6.07, 6.45) is -1.42. The van der Waals surface area contributed by atoms with Crippen molar-refractivity contribution in [2.45, 2.75) is 19.4 Å². The van der Waals surface area contributed by atoms with Gasteiger partial charge in [-0.2, -0.15) is 0 Å². The zero-order valence-corrected chi connectivity index (χ0v) is 8.49. The van der Waals surface area contributed by atoms with Crippen molar-refractivity contribution in [1.82, 2.24) is 0 Å². The Labute approximate surface area is 90.6 Å². The fourth-order valence-corrected chi connectivity index (χ4v) is 1.72. The monoisotopic (exact) mass is 224 g/mol. The van der Waals surface area contributed by atoms with Crippen LogP contribution < -0.4 is 0 Å². The summed E-state index contributed by atoms with van der Waals surface area (Å²) in [5.74, 6) is -2.60. The molecule has 0 aliphatic carbocycles. The van der Waals surface area contributed by atoms with Crippen LogP contribution in [0.3, 0.4) is 0 Å². The molecule has 16 heavy (non-hydrogen) atoms. The molecule has 1 heterocycles. The Morgan fingerprint density at radius 2 is 2.25 bits per heavy atom. The van der Waals surface area contributed by atoms with Gasteiger partial charge in [-0.1, -0.05) is 0 Å². The van der Waals surface area contributed by atoms with Gasteiger partial charge in [0.1, 0.15) is 5.82 Å². The average Bonchev–Trinajstić information content (AvgIpc) is 2.19. The molecule has 1 unspecified atom stereocenters. The van der Waals surface area contributed by atoms with Crippen molar-refractivity contribution in [3.63, 3.8) is 0 Å². The molecule has 1 aliphatic heterocycles. The number of fused-ring (bicyclic) bond motifs is 1. The Morgan fingerprint density at radius 3 is 2.88 bits per heavy atom. The van der Waals surface area contributed by atoms with Crippen LogP contribution in [0.2, 0.25) is 0 Å². The predicted octanol–water partition coefficient (Wildman–Crippen LogP) is 1.30. The minimum atomic E-state index is -1.29. The SMILES string of the molecule is Cc1cc(F)c2c(c1)C(=O)OC(C(=O)O)C2. The van der Waals surface area contributed by atoms with Gasteiger partial charge in [0, 0.05) is 12.0 Å². The van der Waals surface area contributed by atoms with Crippen molar-refractivity contribution < 1.29 is 23.8 Å². The van der Waals surface area contributed by atoms with Crippen molar-refractivity contribution >= 4 is 11.9 Å². The number of carboxylic acids is 1. The minimum absolute atomic E-state index is 0.120. The highest BCUT2D eigenvalue weighted by Gasteiger charge is 2.33. The maximum absolute atomic E-state index is 13.5. The summed E-state index contributed by atoms with van der Waals surface area (Å²) in [5.41, 5.74) is 0.839. The second kappa shape index (κ2) is 3.59. The Kier molecular flexibility index (Phi) is 2.38. The van der Waals surface area contributed by atoms with E-state index in [-0.39, 0.29) is 17.5 Å². The zero-order valence-electron chi connectivity index (χ0n) is 8.49. The summed E-state index contributed by atoms with van der Waals surface area (Å²) >= 11 is 0. The number of aliphatic carboxylic acids is 1. The maximum Gasteiger partial charge on any atom is 0.345 e. The van der Waals surface area contributed by atoms with Gasteiger partial charge in [0.05, 0.1) is 5.56 Å². The summed E-state index contributed by atoms with van der Waals surface area (Å²) in [4.78, 5) is 22.1. The third-order valence-electron chi connectivity index (χ3n) is 2.47. The van der Waals surface area contributed by atoms with E-state index in [2.05, 4.69) is 4.74 Å². The Hall–Kier alpha value is -1.91. The van der Waals surface area contributed by atoms with Crippen molar-refractivity contribution in [1.29, 1.82) is 0 Å². The summed E-state index contributed by atoms with van der Waals surface area (Å²) < 4.78 is 18.2. The van der Waals surface area contributed by atoms with Crippen molar-refractivity contribution in [3.05, 3.63) is 34.6 Å². The molecule has 0 saturated carbocycles. The molecule has 1 aromatic rings. The first-order valence-corrected chi connectivity index (χ1v) is 4.72. The van der Waals surface area contributed by atoms with Crippen LogP contribution in [0.4, 0.5) is 4.39 Å². The number of carboxylic acid groups (broad SMARTS) is 1. The molecular weight excluding hydrogens is 215 g/mol. The fourth-order valence-electron chi connectivity index (χ4n) is 1.72. The first-order valence-electron chi connectivity index (χ1n) is 4.72. The maximum atomic E-state index is 13.5. The molecule has 0 saturated heterocycles. The Balaban J connectivity index is 2.50. The molecule has 1 aliphatic rings. The number of carbonyl (C=O) groups excluding carboxylic acids is 1. The van der Waals surface area contributed by atoms with Crippen LogP contribution in [-0.2, 0) is 16.0 Å². The normalized spacial score (nSPS) is 18.9. The number of ether oxygens (including phenoxy) is 1. The van der Waals surface area contributed by atoms with Gasteiger partial charge in [-0.05, 0) is 24.6 Å². The van der Waals surface area contributed by atoms with Crippen LogP contribution in [-0.4, -0.2) is 23.1 Å². The quantitative estimate of drug-likeness (QED) is 0.730. The third kappa shape index (κ3) is 1.64. The number of halogens is 1. The van der Waals surface area contributed by atoms with E-state index in [4.69, 9.17) is 5.11 Å². The summed E-state index contributed by atoms with van der Waals surface area (Å²) in [5, 5.41) is 8.73. The van der Waals surface area contributed by atoms with Crippen LogP contribution in [0.5, 0.6) is 0 Å². The molecule has 0 aromatic heterocycles. The zero-order chi connectivity index (χ0) is 11.9.